The zero-order valence-corrected chi connectivity index (χ0v) is 11.2. The molecule has 0 aliphatic heterocycles. The van der Waals surface area contributed by atoms with E-state index in [0.717, 1.165) is 11.6 Å². The van der Waals surface area contributed by atoms with Crippen molar-refractivity contribution in [2.24, 2.45) is 5.73 Å². The molecule has 1 aliphatic rings. The third kappa shape index (κ3) is 2.75. The van der Waals surface area contributed by atoms with Gasteiger partial charge in [-0.2, -0.15) is 0 Å². The third-order valence-electron chi connectivity index (χ3n) is 3.68. The molecule has 0 radical (unpaired) electrons. The average Bonchev–Trinajstić information content (AvgIpc) is 2.84. The molecule has 0 saturated heterocycles. The summed E-state index contributed by atoms with van der Waals surface area (Å²) in [6.07, 6.45) is 5.29. The predicted octanol–water partition coefficient (Wildman–Crippen LogP) is 3.57. The molecule has 2 rings (SSSR count). The lowest BCUT2D eigenvalue weighted by Gasteiger charge is -2.31. The van der Waals surface area contributed by atoms with Crippen LogP contribution in [0.25, 0.3) is 0 Å². The summed E-state index contributed by atoms with van der Waals surface area (Å²) in [7, 11) is 0. The minimum Gasteiger partial charge on any atom is -0.369 e. The van der Waals surface area contributed by atoms with E-state index in [4.69, 9.17) is 17.3 Å². The standard InChI is InChI=1S/C14H21ClN2/c1-2-17(13-5-3-4-6-13)14-9-12(15)8-7-11(14)10-16/h7-9,13H,2-6,10,16H2,1H3. The summed E-state index contributed by atoms with van der Waals surface area (Å²) in [6.45, 7) is 3.81. The highest BCUT2D eigenvalue weighted by Crippen LogP contribution is 2.31. The van der Waals surface area contributed by atoms with Crippen LogP contribution in [0.2, 0.25) is 5.02 Å². The maximum atomic E-state index is 6.11. The van der Waals surface area contributed by atoms with Crippen LogP contribution < -0.4 is 10.6 Å². The topological polar surface area (TPSA) is 29.3 Å². The van der Waals surface area contributed by atoms with E-state index in [1.807, 2.05) is 6.07 Å². The van der Waals surface area contributed by atoms with Crippen molar-refractivity contribution in [2.45, 2.75) is 45.2 Å². The van der Waals surface area contributed by atoms with Crippen molar-refractivity contribution in [3.8, 4) is 0 Å². The number of hydrogen-bond acceptors (Lipinski definition) is 2. The number of benzene rings is 1. The van der Waals surface area contributed by atoms with Gasteiger partial charge in [0.05, 0.1) is 0 Å². The molecule has 2 nitrogen and oxygen atoms in total. The van der Waals surface area contributed by atoms with Gasteiger partial charge >= 0.3 is 0 Å². The van der Waals surface area contributed by atoms with Gasteiger partial charge in [0.1, 0.15) is 0 Å². The Kier molecular flexibility index (Phi) is 4.30. The van der Waals surface area contributed by atoms with Crippen molar-refractivity contribution in [1.29, 1.82) is 0 Å². The Morgan fingerprint density at radius 1 is 1.35 bits per heavy atom. The monoisotopic (exact) mass is 252 g/mol. The van der Waals surface area contributed by atoms with Crippen LogP contribution in [0.1, 0.15) is 38.2 Å². The lowest BCUT2D eigenvalue weighted by atomic mass is 10.1. The van der Waals surface area contributed by atoms with E-state index in [1.165, 1.54) is 36.9 Å². The fraction of sp³-hybridized carbons (Fsp3) is 0.571. The molecule has 2 N–H and O–H groups in total. The molecule has 0 spiro atoms. The van der Waals surface area contributed by atoms with Crippen LogP contribution in [0.15, 0.2) is 18.2 Å². The smallest absolute Gasteiger partial charge is 0.0429 e. The lowest BCUT2D eigenvalue weighted by Crippen LogP contribution is -2.34. The Labute approximate surface area is 109 Å². The minimum atomic E-state index is 0.579. The molecule has 0 heterocycles. The van der Waals surface area contributed by atoms with Gasteiger partial charge < -0.3 is 10.6 Å². The van der Waals surface area contributed by atoms with Crippen LogP contribution in [0.5, 0.6) is 0 Å². The number of hydrogen-bond donors (Lipinski definition) is 1. The van der Waals surface area contributed by atoms with Crippen LogP contribution in [-0.2, 0) is 6.54 Å². The highest BCUT2D eigenvalue weighted by molar-refractivity contribution is 6.30. The molecule has 3 heteroatoms. The molecule has 1 aromatic rings. The van der Waals surface area contributed by atoms with E-state index in [0.29, 0.717) is 12.6 Å². The minimum absolute atomic E-state index is 0.579. The van der Waals surface area contributed by atoms with Gasteiger partial charge in [0, 0.05) is 29.8 Å². The van der Waals surface area contributed by atoms with Crippen LogP contribution in [0.3, 0.4) is 0 Å². The highest BCUT2D eigenvalue weighted by atomic mass is 35.5. The SMILES string of the molecule is CCN(c1cc(Cl)ccc1CN)C1CCCC1. The Balaban J connectivity index is 2.31. The van der Waals surface area contributed by atoms with Crippen molar-refractivity contribution >= 4 is 17.3 Å². The first-order valence-corrected chi connectivity index (χ1v) is 6.89. The zero-order chi connectivity index (χ0) is 12.3. The van der Waals surface area contributed by atoms with Gasteiger partial charge in [0.25, 0.3) is 0 Å². The van der Waals surface area contributed by atoms with Crippen LogP contribution in [0, 0.1) is 0 Å². The average molecular weight is 253 g/mol. The molecule has 0 bridgehead atoms. The largest absolute Gasteiger partial charge is 0.369 e. The maximum absolute atomic E-state index is 6.11. The summed E-state index contributed by atoms with van der Waals surface area (Å²) in [5, 5.41) is 0.800. The fourth-order valence-corrected chi connectivity index (χ4v) is 2.98. The van der Waals surface area contributed by atoms with Crippen molar-refractivity contribution in [2.75, 3.05) is 11.4 Å². The van der Waals surface area contributed by atoms with Crippen molar-refractivity contribution in [3.63, 3.8) is 0 Å². The second-order valence-corrected chi connectivity index (χ2v) is 5.14. The van der Waals surface area contributed by atoms with Gasteiger partial charge in [0.2, 0.25) is 0 Å². The van der Waals surface area contributed by atoms with Crippen LogP contribution >= 0.6 is 11.6 Å². The predicted molar refractivity (Wildman–Crippen MR) is 74.6 cm³/mol. The molecule has 1 aliphatic carbocycles. The van der Waals surface area contributed by atoms with E-state index >= 15 is 0 Å². The number of halogens is 1. The Bertz CT molecular complexity index is 372. The van der Waals surface area contributed by atoms with E-state index in [9.17, 15) is 0 Å². The molecule has 1 fully saturated rings. The summed E-state index contributed by atoms with van der Waals surface area (Å²) < 4.78 is 0. The maximum Gasteiger partial charge on any atom is 0.0429 e. The summed E-state index contributed by atoms with van der Waals surface area (Å²) in [5.74, 6) is 0. The second-order valence-electron chi connectivity index (χ2n) is 4.70. The molecule has 0 atom stereocenters. The molecule has 17 heavy (non-hydrogen) atoms. The van der Waals surface area contributed by atoms with Gasteiger partial charge in [-0.1, -0.05) is 30.5 Å². The van der Waals surface area contributed by atoms with Gasteiger partial charge in [0.15, 0.2) is 0 Å². The van der Waals surface area contributed by atoms with E-state index < -0.39 is 0 Å². The molecule has 0 aromatic heterocycles. The molecule has 0 amide bonds. The van der Waals surface area contributed by atoms with Crippen molar-refractivity contribution in [1.82, 2.24) is 0 Å². The first-order chi connectivity index (χ1) is 8.26. The fourth-order valence-electron chi connectivity index (χ4n) is 2.82. The first kappa shape index (κ1) is 12.7. The molecule has 94 valence electrons. The van der Waals surface area contributed by atoms with Crippen molar-refractivity contribution in [3.05, 3.63) is 28.8 Å². The summed E-state index contributed by atoms with van der Waals surface area (Å²) in [5.41, 5.74) is 8.25. The van der Waals surface area contributed by atoms with Gasteiger partial charge in [-0.25, -0.2) is 0 Å². The normalized spacial score (nSPS) is 16.4. The van der Waals surface area contributed by atoms with Crippen LogP contribution in [0.4, 0.5) is 5.69 Å². The highest BCUT2D eigenvalue weighted by Gasteiger charge is 2.23. The summed E-state index contributed by atoms with van der Waals surface area (Å²) in [6, 6.07) is 6.71. The Hall–Kier alpha value is -0.730. The third-order valence-corrected chi connectivity index (χ3v) is 3.92. The van der Waals surface area contributed by atoms with E-state index in [-0.39, 0.29) is 0 Å². The van der Waals surface area contributed by atoms with Crippen LogP contribution in [-0.4, -0.2) is 12.6 Å². The first-order valence-electron chi connectivity index (χ1n) is 6.51. The summed E-state index contributed by atoms with van der Waals surface area (Å²) >= 11 is 6.11. The lowest BCUT2D eigenvalue weighted by molar-refractivity contribution is 0.617. The Morgan fingerprint density at radius 3 is 2.65 bits per heavy atom. The van der Waals surface area contributed by atoms with Gasteiger partial charge in [-0.05, 0) is 37.5 Å². The Morgan fingerprint density at radius 2 is 2.06 bits per heavy atom. The van der Waals surface area contributed by atoms with Gasteiger partial charge in [-0.15, -0.1) is 0 Å². The molecule has 0 unspecified atom stereocenters. The molecule has 1 aromatic carbocycles. The number of nitrogens with zero attached hydrogens (tertiary/aromatic N) is 1. The summed E-state index contributed by atoms with van der Waals surface area (Å²) in [4.78, 5) is 2.47. The van der Waals surface area contributed by atoms with E-state index in [1.54, 1.807) is 0 Å². The number of nitrogens with two attached hydrogens (primary N) is 1. The zero-order valence-electron chi connectivity index (χ0n) is 10.5. The molecular weight excluding hydrogens is 232 g/mol. The number of rotatable bonds is 4. The second kappa shape index (κ2) is 5.74. The molecule has 1 saturated carbocycles. The molecular formula is C14H21ClN2. The van der Waals surface area contributed by atoms with E-state index in [2.05, 4.69) is 24.0 Å². The van der Waals surface area contributed by atoms with Gasteiger partial charge in [-0.3, -0.25) is 0 Å². The van der Waals surface area contributed by atoms with Crippen molar-refractivity contribution < 1.29 is 0 Å². The quantitative estimate of drug-likeness (QED) is 0.888. The number of anilines is 1.